The van der Waals surface area contributed by atoms with Crippen LogP contribution in [0.2, 0.25) is 0 Å². The Hall–Kier alpha value is -0.610. The number of aliphatic carboxylic acids is 1. The fourth-order valence-electron chi connectivity index (χ4n) is 2.15. The van der Waals surface area contributed by atoms with E-state index >= 15 is 0 Å². The summed E-state index contributed by atoms with van der Waals surface area (Å²) in [6.07, 6.45) is 5.60. The molecule has 0 amide bonds. The number of hydrogen-bond donors (Lipinski definition) is 2. The van der Waals surface area contributed by atoms with Crippen molar-refractivity contribution in [2.75, 3.05) is 13.1 Å². The van der Waals surface area contributed by atoms with Crippen LogP contribution in [0.25, 0.3) is 0 Å². The third-order valence-electron chi connectivity index (χ3n) is 3.49. The van der Waals surface area contributed by atoms with E-state index in [4.69, 9.17) is 5.11 Å². The molecule has 2 N–H and O–H groups in total. The van der Waals surface area contributed by atoms with Gasteiger partial charge in [0.25, 0.3) is 0 Å². The van der Waals surface area contributed by atoms with Gasteiger partial charge in [-0.05, 0) is 38.6 Å². The van der Waals surface area contributed by atoms with Gasteiger partial charge < -0.3 is 15.3 Å². The third-order valence-corrected chi connectivity index (χ3v) is 3.49. The zero-order valence-electron chi connectivity index (χ0n) is 9.98. The van der Waals surface area contributed by atoms with Crippen molar-refractivity contribution in [3.05, 3.63) is 0 Å². The first-order valence-electron chi connectivity index (χ1n) is 6.43. The van der Waals surface area contributed by atoms with E-state index in [0.717, 1.165) is 38.4 Å². The minimum absolute atomic E-state index is 0.347. The van der Waals surface area contributed by atoms with Gasteiger partial charge >= 0.3 is 5.97 Å². The fraction of sp³-hybridized carbons (Fsp3) is 0.917. The van der Waals surface area contributed by atoms with Crippen molar-refractivity contribution in [2.24, 2.45) is 0 Å². The van der Waals surface area contributed by atoms with Gasteiger partial charge in [-0.3, -0.25) is 4.79 Å². The van der Waals surface area contributed by atoms with Crippen molar-refractivity contribution < 1.29 is 9.90 Å². The predicted octanol–water partition coefficient (Wildman–Crippen LogP) is 1.07. The summed E-state index contributed by atoms with van der Waals surface area (Å²) in [6.45, 7) is 4.11. The summed E-state index contributed by atoms with van der Waals surface area (Å²) in [6, 6.07) is 0.859. The van der Waals surface area contributed by atoms with Gasteiger partial charge in [0.05, 0.1) is 0 Å². The summed E-state index contributed by atoms with van der Waals surface area (Å²) in [4.78, 5) is 13.5. The predicted molar refractivity (Wildman–Crippen MR) is 62.5 cm³/mol. The smallest absolute Gasteiger partial charge is 0.320 e. The standard InChI is InChI=1S/C12H22N2O2/c1-2-14(10-5-6-10)8-7-11(12(15)16)13-9-3-4-9/h9-11,13H,2-8H2,1H3,(H,15,16). The highest BCUT2D eigenvalue weighted by Gasteiger charge is 2.31. The molecule has 0 aromatic rings. The highest BCUT2D eigenvalue weighted by Crippen LogP contribution is 2.27. The first-order valence-corrected chi connectivity index (χ1v) is 6.43. The maximum Gasteiger partial charge on any atom is 0.320 e. The maximum atomic E-state index is 11.1. The molecule has 2 aliphatic carbocycles. The number of rotatable bonds is 8. The van der Waals surface area contributed by atoms with Crippen LogP contribution >= 0.6 is 0 Å². The number of carbonyl (C=O) groups is 1. The normalized spacial score (nSPS) is 22.4. The van der Waals surface area contributed by atoms with Gasteiger partial charge in [0.1, 0.15) is 6.04 Å². The van der Waals surface area contributed by atoms with Crippen molar-refractivity contribution >= 4 is 5.97 Å². The van der Waals surface area contributed by atoms with E-state index in [1.54, 1.807) is 0 Å². The van der Waals surface area contributed by atoms with Crippen molar-refractivity contribution in [1.29, 1.82) is 0 Å². The second kappa shape index (κ2) is 5.15. The fourth-order valence-corrected chi connectivity index (χ4v) is 2.15. The molecule has 4 nitrogen and oxygen atoms in total. The van der Waals surface area contributed by atoms with E-state index in [0.29, 0.717) is 6.04 Å². The molecule has 2 rings (SSSR count). The van der Waals surface area contributed by atoms with Gasteiger partial charge in [-0.15, -0.1) is 0 Å². The highest BCUT2D eigenvalue weighted by molar-refractivity contribution is 5.73. The molecule has 0 radical (unpaired) electrons. The summed E-state index contributed by atoms with van der Waals surface area (Å²) in [7, 11) is 0. The zero-order valence-corrected chi connectivity index (χ0v) is 9.98. The minimum atomic E-state index is -0.696. The van der Waals surface area contributed by atoms with E-state index in [-0.39, 0.29) is 6.04 Å². The van der Waals surface area contributed by atoms with E-state index in [1.807, 2.05) is 0 Å². The highest BCUT2D eigenvalue weighted by atomic mass is 16.4. The summed E-state index contributed by atoms with van der Waals surface area (Å²) in [5, 5.41) is 12.3. The van der Waals surface area contributed by atoms with Gasteiger partial charge in [0.15, 0.2) is 0 Å². The summed E-state index contributed by atoms with van der Waals surface area (Å²) < 4.78 is 0. The lowest BCUT2D eigenvalue weighted by Gasteiger charge is -2.22. The first kappa shape index (κ1) is 11.9. The third kappa shape index (κ3) is 3.46. The molecule has 0 bridgehead atoms. The SMILES string of the molecule is CCN(CCC(NC1CC1)C(=O)O)C1CC1. The van der Waals surface area contributed by atoms with Crippen molar-refractivity contribution in [3.63, 3.8) is 0 Å². The molecule has 16 heavy (non-hydrogen) atoms. The molecule has 1 atom stereocenters. The number of hydrogen-bond acceptors (Lipinski definition) is 3. The number of nitrogens with zero attached hydrogens (tertiary/aromatic N) is 1. The molecular formula is C12H22N2O2. The number of carboxylic acid groups (broad SMARTS) is 1. The van der Waals surface area contributed by atoms with Gasteiger partial charge in [-0.1, -0.05) is 6.92 Å². The molecule has 92 valence electrons. The van der Waals surface area contributed by atoms with Crippen molar-refractivity contribution in [2.45, 2.75) is 57.2 Å². The molecule has 0 aromatic carbocycles. The first-order chi connectivity index (χ1) is 7.70. The lowest BCUT2D eigenvalue weighted by atomic mass is 10.2. The largest absolute Gasteiger partial charge is 0.480 e. The van der Waals surface area contributed by atoms with Crippen LogP contribution in [0.3, 0.4) is 0 Å². The Labute approximate surface area is 97.0 Å². The molecule has 0 saturated heterocycles. The molecule has 4 heteroatoms. The second-order valence-electron chi connectivity index (χ2n) is 4.98. The van der Waals surface area contributed by atoms with Crippen LogP contribution in [0.15, 0.2) is 0 Å². The van der Waals surface area contributed by atoms with Crippen LogP contribution in [0.4, 0.5) is 0 Å². The molecule has 0 spiro atoms. The van der Waals surface area contributed by atoms with E-state index < -0.39 is 5.97 Å². The quantitative estimate of drug-likeness (QED) is 0.650. The molecule has 2 fully saturated rings. The molecule has 0 aliphatic heterocycles. The lowest BCUT2D eigenvalue weighted by molar-refractivity contribution is -0.139. The Kier molecular flexibility index (Phi) is 3.82. The van der Waals surface area contributed by atoms with Crippen LogP contribution < -0.4 is 5.32 Å². The van der Waals surface area contributed by atoms with Crippen molar-refractivity contribution in [3.8, 4) is 0 Å². The molecule has 2 aliphatic rings. The number of carboxylic acids is 1. The molecule has 1 unspecified atom stereocenters. The topological polar surface area (TPSA) is 52.6 Å². The molecular weight excluding hydrogens is 204 g/mol. The monoisotopic (exact) mass is 226 g/mol. The summed E-state index contributed by atoms with van der Waals surface area (Å²) >= 11 is 0. The van der Waals surface area contributed by atoms with Crippen LogP contribution in [-0.2, 0) is 4.79 Å². The van der Waals surface area contributed by atoms with E-state index in [2.05, 4.69) is 17.1 Å². The Bertz CT molecular complexity index is 249. The summed E-state index contributed by atoms with van der Waals surface area (Å²) in [5.41, 5.74) is 0. The van der Waals surface area contributed by atoms with Crippen molar-refractivity contribution in [1.82, 2.24) is 10.2 Å². The van der Waals surface area contributed by atoms with E-state index in [1.165, 1.54) is 12.8 Å². The molecule has 0 aromatic heterocycles. The van der Waals surface area contributed by atoms with Gasteiger partial charge in [-0.2, -0.15) is 0 Å². The van der Waals surface area contributed by atoms with Crippen LogP contribution in [0.1, 0.15) is 39.0 Å². The van der Waals surface area contributed by atoms with Gasteiger partial charge in [0.2, 0.25) is 0 Å². The van der Waals surface area contributed by atoms with Gasteiger partial charge in [-0.25, -0.2) is 0 Å². The second-order valence-corrected chi connectivity index (χ2v) is 4.98. The summed E-state index contributed by atoms with van der Waals surface area (Å²) in [5.74, 6) is -0.696. The van der Waals surface area contributed by atoms with Crippen LogP contribution in [0, 0.1) is 0 Å². The van der Waals surface area contributed by atoms with Gasteiger partial charge in [0, 0.05) is 18.6 Å². The Morgan fingerprint density at radius 1 is 1.44 bits per heavy atom. The minimum Gasteiger partial charge on any atom is -0.480 e. The Morgan fingerprint density at radius 2 is 2.12 bits per heavy atom. The Balaban J connectivity index is 1.72. The van der Waals surface area contributed by atoms with Crippen LogP contribution in [0.5, 0.6) is 0 Å². The number of nitrogens with one attached hydrogen (secondary N) is 1. The average molecular weight is 226 g/mol. The maximum absolute atomic E-state index is 11.1. The zero-order chi connectivity index (χ0) is 11.5. The lowest BCUT2D eigenvalue weighted by Crippen LogP contribution is -2.41. The average Bonchev–Trinajstić information content (AvgIpc) is 3.11. The van der Waals surface area contributed by atoms with Crippen LogP contribution in [-0.4, -0.2) is 47.2 Å². The molecule has 0 heterocycles. The Morgan fingerprint density at radius 3 is 2.56 bits per heavy atom. The van der Waals surface area contributed by atoms with E-state index in [9.17, 15) is 4.79 Å². The molecule has 2 saturated carbocycles.